The van der Waals surface area contributed by atoms with Crippen molar-refractivity contribution in [2.24, 2.45) is 11.8 Å². The summed E-state index contributed by atoms with van der Waals surface area (Å²) in [6, 6.07) is 5.05. The number of rotatable bonds is 15. The fourth-order valence-corrected chi connectivity index (χ4v) is 3.43. The highest BCUT2D eigenvalue weighted by molar-refractivity contribution is 5.72. The van der Waals surface area contributed by atoms with E-state index in [-0.39, 0.29) is 24.3 Å². The first-order valence-corrected chi connectivity index (χ1v) is 10.9. The summed E-state index contributed by atoms with van der Waals surface area (Å²) in [5.74, 6) is 1.32. The monoisotopic (exact) mass is 454 g/mol. The molecule has 0 saturated heterocycles. The third-order valence-electron chi connectivity index (χ3n) is 5.31. The van der Waals surface area contributed by atoms with Crippen LogP contribution in [-0.2, 0) is 16.0 Å². The number of aliphatic hydroxyl groups excluding tert-OH is 1. The van der Waals surface area contributed by atoms with E-state index < -0.39 is 18.2 Å². The molecule has 1 aromatic rings. The van der Waals surface area contributed by atoms with Crippen molar-refractivity contribution in [2.75, 3.05) is 34.0 Å². The topological polar surface area (TPSA) is 126 Å². The Morgan fingerprint density at radius 2 is 1.84 bits per heavy atom. The SMILES string of the molecule is COCCCOc1cc(CC(CC(NC(=O)O)[C@@H](O)CNC(C)=O)C(C)C)ccc1OC. The summed E-state index contributed by atoms with van der Waals surface area (Å²) in [4.78, 5) is 22.4. The first kappa shape index (κ1) is 27.5. The van der Waals surface area contributed by atoms with Crippen LogP contribution >= 0.6 is 0 Å². The van der Waals surface area contributed by atoms with Crippen LogP contribution < -0.4 is 20.1 Å². The molecule has 1 rings (SSSR count). The molecule has 2 amide bonds. The van der Waals surface area contributed by atoms with Crippen molar-refractivity contribution < 1.29 is 34.0 Å². The summed E-state index contributed by atoms with van der Waals surface area (Å²) in [5.41, 5.74) is 1.02. The Bertz CT molecular complexity index is 712. The molecule has 4 N–H and O–H groups in total. The second-order valence-corrected chi connectivity index (χ2v) is 8.18. The lowest BCUT2D eigenvalue weighted by atomic mass is 9.83. The highest BCUT2D eigenvalue weighted by atomic mass is 16.5. The minimum atomic E-state index is -1.21. The van der Waals surface area contributed by atoms with Gasteiger partial charge in [0.1, 0.15) is 0 Å². The number of aliphatic hydroxyl groups is 1. The average molecular weight is 455 g/mol. The standard InChI is InChI=1S/C23H38N2O7/c1-15(2)18(13-19(25-23(28)29)20(27)14-24-16(3)26)11-17-7-8-21(31-5)22(12-17)32-10-6-9-30-4/h7-8,12,15,18-20,25,27H,6,9-11,13-14H2,1-5H3,(H,24,26)(H,28,29)/t18?,19?,20-/m0/s1. The number of hydrogen-bond acceptors (Lipinski definition) is 6. The zero-order valence-corrected chi connectivity index (χ0v) is 19.7. The average Bonchev–Trinajstić information content (AvgIpc) is 2.73. The fraction of sp³-hybridized carbons (Fsp3) is 0.652. The van der Waals surface area contributed by atoms with Gasteiger partial charge in [-0.2, -0.15) is 0 Å². The maximum Gasteiger partial charge on any atom is 0.404 e. The molecule has 0 aliphatic rings. The number of hydrogen-bond donors (Lipinski definition) is 4. The molecular formula is C23H38N2O7. The summed E-state index contributed by atoms with van der Waals surface area (Å²) in [5, 5.41) is 24.6. The van der Waals surface area contributed by atoms with Crippen LogP contribution in [0.4, 0.5) is 4.79 Å². The third kappa shape index (κ3) is 10.2. The van der Waals surface area contributed by atoms with Crippen LogP contribution in [-0.4, -0.2) is 68.3 Å². The van der Waals surface area contributed by atoms with Crippen molar-refractivity contribution >= 4 is 12.0 Å². The summed E-state index contributed by atoms with van der Waals surface area (Å²) in [6.45, 7) is 6.56. The number of nitrogens with one attached hydrogen (secondary N) is 2. The van der Waals surface area contributed by atoms with E-state index in [2.05, 4.69) is 24.5 Å². The van der Waals surface area contributed by atoms with E-state index in [0.29, 0.717) is 37.6 Å². The minimum absolute atomic E-state index is 0.0207. The molecule has 1 aromatic carbocycles. The van der Waals surface area contributed by atoms with Gasteiger partial charge in [0.25, 0.3) is 0 Å². The Kier molecular flexibility index (Phi) is 12.5. The largest absolute Gasteiger partial charge is 0.493 e. The van der Waals surface area contributed by atoms with E-state index in [1.807, 2.05) is 18.2 Å². The molecule has 182 valence electrons. The van der Waals surface area contributed by atoms with Crippen molar-refractivity contribution in [3.63, 3.8) is 0 Å². The molecule has 9 heteroatoms. The molecule has 0 heterocycles. The van der Waals surface area contributed by atoms with E-state index in [1.54, 1.807) is 14.2 Å². The van der Waals surface area contributed by atoms with Crippen molar-refractivity contribution in [3.05, 3.63) is 23.8 Å². The van der Waals surface area contributed by atoms with Gasteiger partial charge in [0.05, 0.1) is 25.9 Å². The van der Waals surface area contributed by atoms with E-state index >= 15 is 0 Å². The van der Waals surface area contributed by atoms with Crippen molar-refractivity contribution in [3.8, 4) is 11.5 Å². The lowest BCUT2D eigenvalue weighted by Gasteiger charge is -2.29. The highest BCUT2D eigenvalue weighted by Crippen LogP contribution is 2.31. The molecule has 0 spiro atoms. The molecule has 0 saturated carbocycles. The maximum atomic E-state index is 11.3. The Hall–Kier alpha value is -2.52. The van der Waals surface area contributed by atoms with Gasteiger partial charge >= 0.3 is 6.09 Å². The molecule has 0 aromatic heterocycles. The van der Waals surface area contributed by atoms with Crippen molar-refractivity contribution in [1.82, 2.24) is 10.6 Å². The molecule has 0 aliphatic carbocycles. The highest BCUT2D eigenvalue weighted by Gasteiger charge is 2.27. The maximum absolute atomic E-state index is 11.3. The van der Waals surface area contributed by atoms with Gasteiger partial charge in [-0.3, -0.25) is 4.79 Å². The van der Waals surface area contributed by atoms with Crippen LogP contribution in [0.15, 0.2) is 18.2 Å². The number of carboxylic acid groups (broad SMARTS) is 1. The van der Waals surface area contributed by atoms with E-state index in [0.717, 1.165) is 12.0 Å². The van der Waals surface area contributed by atoms with Crippen LogP contribution in [0, 0.1) is 11.8 Å². The Morgan fingerprint density at radius 1 is 1.12 bits per heavy atom. The molecule has 2 unspecified atom stereocenters. The first-order valence-electron chi connectivity index (χ1n) is 10.9. The van der Waals surface area contributed by atoms with Crippen LogP contribution in [0.5, 0.6) is 11.5 Å². The molecule has 0 radical (unpaired) electrons. The predicted molar refractivity (Wildman–Crippen MR) is 121 cm³/mol. The number of ether oxygens (including phenoxy) is 3. The first-order chi connectivity index (χ1) is 15.2. The molecule has 0 fully saturated rings. The number of benzene rings is 1. The Balaban J connectivity index is 2.95. The Morgan fingerprint density at radius 3 is 2.41 bits per heavy atom. The van der Waals surface area contributed by atoms with Gasteiger partial charge in [-0.1, -0.05) is 19.9 Å². The predicted octanol–water partition coefficient (Wildman–Crippen LogP) is 2.45. The molecule has 0 aliphatic heterocycles. The Labute approximate surface area is 190 Å². The van der Waals surface area contributed by atoms with Gasteiger partial charge in [0.2, 0.25) is 5.91 Å². The van der Waals surface area contributed by atoms with Gasteiger partial charge in [0.15, 0.2) is 11.5 Å². The van der Waals surface area contributed by atoms with E-state index in [9.17, 15) is 19.8 Å². The van der Waals surface area contributed by atoms with Crippen LogP contribution in [0.25, 0.3) is 0 Å². The second kappa shape index (κ2) is 14.5. The lowest BCUT2D eigenvalue weighted by Crippen LogP contribution is -2.49. The number of amides is 2. The molecule has 9 nitrogen and oxygen atoms in total. The van der Waals surface area contributed by atoms with Gasteiger partial charge in [-0.05, 0) is 42.4 Å². The minimum Gasteiger partial charge on any atom is -0.493 e. The summed E-state index contributed by atoms with van der Waals surface area (Å²) < 4.78 is 16.3. The lowest BCUT2D eigenvalue weighted by molar-refractivity contribution is -0.119. The van der Waals surface area contributed by atoms with Crippen LogP contribution in [0.1, 0.15) is 39.2 Å². The van der Waals surface area contributed by atoms with Gasteiger partial charge in [0, 0.05) is 33.6 Å². The normalized spacial score (nSPS) is 13.8. The van der Waals surface area contributed by atoms with E-state index in [1.165, 1.54) is 6.92 Å². The molecule has 0 bridgehead atoms. The zero-order chi connectivity index (χ0) is 24.1. The van der Waals surface area contributed by atoms with Crippen LogP contribution in [0.3, 0.4) is 0 Å². The molecule has 32 heavy (non-hydrogen) atoms. The van der Waals surface area contributed by atoms with Crippen LogP contribution in [0.2, 0.25) is 0 Å². The van der Waals surface area contributed by atoms with Gasteiger partial charge < -0.3 is 35.1 Å². The molecular weight excluding hydrogens is 416 g/mol. The smallest absolute Gasteiger partial charge is 0.404 e. The van der Waals surface area contributed by atoms with Crippen molar-refractivity contribution in [1.29, 1.82) is 0 Å². The summed E-state index contributed by atoms with van der Waals surface area (Å²) >= 11 is 0. The summed E-state index contributed by atoms with van der Waals surface area (Å²) in [6.07, 6.45) is -0.406. The van der Waals surface area contributed by atoms with Gasteiger partial charge in [-0.15, -0.1) is 0 Å². The van der Waals surface area contributed by atoms with Gasteiger partial charge in [-0.25, -0.2) is 4.79 Å². The fourth-order valence-electron chi connectivity index (χ4n) is 3.43. The molecule has 3 atom stereocenters. The number of methoxy groups -OCH3 is 2. The number of carbonyl (C=O) groups is 2. The number of carbonyl (C=O) groups excluding carboxylic acids is 1. The third-order valence-corrected chi connectivity index (χ3v) is 5.31. The van der Waals surface area contributed by atoms with E-state index in [4.69, 9.17) is 14.2 Å². The second-order valence-electron chi connectivity index (χ2n) is 8.18. The quantitative estimate of drug-likeness (QED) is 0.300. The zero-order valence-electron chi connectivity index (χ0n) is 19.7. The van der Waals surface area contributed by atoms with Crippen molar-refractivity contribution in [2.45, 2.75) is 52.2 Å². The summed E-state index contributed by atoms with van der Waals surface area (Å²) in [7, 11) is 3.24.